The van der Waals surface area contributed by atoms with Crippen molar-refractivity contribution in [2.24, 2.45) is 5.92 Å². The van der Waals surface area contributed by atoms with Crippen molar-refractivity contribution in [2.75, 3.05) is 18.4 Å². The van der Waals surface area contributed by atoms with Gasteiger partial charge in [-0.05, 0) is 54.8 Å². The van der Waals surface area contributed by atoms with E-state index in [2.05, 4.69) is 10.6 Å². The number of sulfonamides is 1. The zero-order valence-electron chi connectivity index (χ0n) is 16.6. The van der Waals surface area contributed by atoms with Crippen LogP contribution in [0.4, 0.5) is 10.1 Å². The summed E-state index contributed by atoms with van der Waals surface area (Å²) in [6, 6.07) is 11.8. The fourth-order valence-corrected chi connectivity index (χ4v) is 4.90. The van der Waals surface area contributed by atoms with Crippen molar-refractivity contribution in [3.05, 3.63) is 59.9 Å². The van der Waals surface area contributed by atoms with Crippen LogP contribution in [0.3, 0.4) is 0 Å². The molecule has 2 aromatic rings. The lowest BCUT2D eigenvalue weighted by Crippen LogP contribution is -2.45. The van der Waals surface area contributed by atoms with E-state index in [4.69, 9.17) is 0 Å². The Hall–Kier alpha value is -2.78. The van der Waals surface area contributed by atoms with Gasteiger partial charge < -0.3 is 10.6 Å². The maximum absolute atomic E-state index is 13.1. The number of halogens is 1. The Morgan fingerprint density at radius 3 is 2.40 bits per heavy atom. The molecule has 160 valence electrons. The first-order valence-corrected chi connectivity index (χ1v) is 11.1. The predicted octanol–water partition coefficient (Wildman–Crippen LogP) is 2.50. The molecule has 0 aromatic heterocycles. The van der Waals surface area contributed by atoms with Gasteiger partial charge in [0.05, 0.1) is 10.8 Å². The van der Waals surface area contributed by atoms with E-state index in [0.717, 1.165) is 17.7 Å². The highest BCUT2D eigenvalue weighted by atomic mass is 32.2. The zero-order valence-corrected chi connectivity index (χ0v) is 17.4. The number of hydrogen-bond donors (Lipinski definition) is 2. The molecule has 1 atom stereocenters. The summed E-state index contributed by atoms with van der Waals surface area (Å²) in [5.41, 5.74) is 1.54. The average Bonchev–Trinajstić information content (AvgIpc) is 2.73. The summed E-state index contributed by atoms with van der Waals surface area (Å²) in [5, 5.41) is 5.53. The molecule has 0 bridgehead atoms. The van der Waals surface area contributed by atoms with E-state index >= 15 is 0 Å². The highest BCUT2D eigenvalue weighted by Crippen LogP contribution is 2.24. The number of piperidine rings is 1. The molecule has 7 nitrogen and oxygen atoms in total. The lowest BCUT2D eigenvalue weighted by atomic mass is 9.99. The number of rotatable bonds is 6. The number of hydrogen-bond acceptors (Lipinski definition) is 4. The maximum atomic E-state index is 13.1. The van der Waals surface area contributed by atoms with Gasteiger partial charge in [-0.2, -0.15) is 4.31 Å². The van der Waals surface area contributed by atoms with Crippen LogP contribution in [0, 0.1) is 11.7 Å². The van der Waals surface area contributed by atoms with Crippen molar-refractivity contribution in [1.82, 2.24) is 9.62 Å². The van der Waals surface area contributed by atoms with Crippen LogP contribution in [0.1, 0.15) is 25.3 Å². The zero-order chi connectivity index (χ0) is 21.7. The van der Waals surface area contributed by atoms with Crippen molar-refractivity contribution < 1.29 is 22.4 Å². The van der Waals surface area contributed by atoms with E-state index in [1.807, 2.05) is 0 Å². The van der Waals surface area contributed by atoms with Crippen molar-refractivity contribution in [1.29, 1.82) is 0 Å². The molecule has 0 radical (unpaired) electrons. The number of benzene rings is 2. The standard InChI is InChI=1S/C21H24FN3O4S/c1-15(26)24-19-8-4-16(5-9-19)13-23-21(27)17-3-2-12-25(14-17)30(28,29)20-10-6-18(22)7-11-20/h4-11,17H,2-3,12-14H2,1H3,(H,23,27)(H,24,26)/t17-/m1/s1. The number of anilines is 1. The topological polar surface area (TPSA) is 95.6 Å². The summed E-state index contributed by atoms with van der Waals surface area (Å²) in [4.78, 5) is 23.7. The summed E-state index contributed by atoms with van der Waals surface area (Å²) in [5.74, 6) is -1.32. The molecule has 1 aliphatic rings. The largest absolute Gasteiger partial charge is 0.352 e. The van der Waals surface area contributed by atoms with Gasteiger partial charge in [0, 0.05) is 32.2 Å². The summed E-state index contributed by atoms with van der Waals surface area (Å²) in [6.07, 6.45) is 1.17. The van der Waals surface area contributed by atoms with Gasteiger partial charge in [-0.3, -0.25) is 9.59 Å². The van der Waals surface area contributed by atoms with E-state index < -0.39 is 21.8 Å². The normalized spacial score (nSPS) is 17.3. The van der Waals surface area contributed by atoms with Crippen LogP contribution in [0.5, 0.6) is 0 Å². The molecule has 0 spiro atoms. The molecule has 30 heavy (non-hydrogen) atoms. The Morgan fingerprint density at radius 1 is 1.10 bits per heavy atom. The Labute approximate surface area is 175 Å². The fourth-order valence-electron chi connectivity index (χ4n) is 3.37. The molecule has 3 rings (SSSR count). The van der Waals surface area contributed by atoms with Crippen molar-refractivity contribution in [2.45, 2.75) is 31.2 Å². The fraction of sp³-hybridized carbons (Fsp3) is 0.333. The number of nitrogens with one attached hydrogen (secondary N) is 2. The lowest BCUT2D eigenvalue weighted by Gasteiger charge is -2.31. The van der Waals surface area contributed by atoms with Crippen molar-refractivity contribution >= 4 is 27.5 Å². The van der Waals surface area contributed by atoms with Crippen LogP contribution in [0.2, 0.25) is 0 Å². The minimum Gasteiger partial charge on any atom is -0.352 e. The van der Waals surface area contributed by atoms with Crippen molar-refractivity contribution in [3.8, 4) is 0 Å². The van der Waals surface area contributed by atoms with Gasteiger partial charge in [0.25, 0.3) is 0 Å². The molecule has 1 aliphatic heterocycles. The Bertz CT molecular complexity index is 1010. The minimum absolute atomic E-state index is 0.0178. The van der Waals surface area contributed by atoms with Gasteiger partial charge in [-0.15, -0.1) is 0 Å². The van der Waals surface area contributed by atoms with Gasteiger partial charge in [0.1, 0.15) is 5.82 Å². The van der Waals surface area contributed by atoms with Crippen molar-refractivity contribution in [3.63, 3.8) is 0 Å². The van der Waals surface area contributed by atoms with Crippen LogP contribution >= 0.6 is 0 Å². The molecule has 2 aromatic carbocycles. The SMILES string of the molecule is CC(=O)Nc1ccc(CNC(=O)[C@@H]2CCCN(S(=O)(=O)c3ccc(F)cc3)C2)cc1. The van der Waals surface area contributed by atoms with Gasteiger partial charge >= 0.3 is 0 Å². The molecule has 0 saturated carbocycles. The minimum atomic E-state index is -3.77. The summed E-state index contributed by atoms with van der Waals surface area (Å²) >= 11 is 0. The Morgan fingerprint density at radius 2 is 1.77 bits per heavy atom. The first-order chi connectivity index (χ1) is 14.3. The van der Waals surface area contributed by atoms with Gasteiger partial charge in [-0.1, -0.05) is 12.1 Å². The van der Waals surface area contributed by atoms with Crippen LogP contribution in [-0.2, 0) is 26.2 Å². The summed E-state index contributed by atoms with van der Waals surface area (Å²) in [7, 11) is -3.77. The van der Waals surface area contributed by atoms with Gasteiger partial charge in [0.15, 0.2) is 0 Å². The van der Waals surface area contributed by atoms with Crippen LogP contribution in [0.15, 0.2) is 53.4 Å². The third kappa shape index (κ3) is 5.43. The molecule has 0 aliphatic carbocycles. The Kier molecular flexibility index (Phi) is 6.84. The van der Waals surface area contributed by atoms with Gasteiger partial charge in [-0.25, -0.2) is 12.8 Å². The van der Waals surface area contributed by atoms with Crippen LogP contribution in [-0.4, -0.2) is 37.6 Å². The predicted molar refractivity (Wildman–Crippen MR) is 110 cm³/mol. The van der Waals surface area contributed by atoms with Gasteiger partial charge in [0.2, 0.25) is 21.8 Å². The Balaban J connectivity index is 1.59. The molecule has 1 heterocycles. The third-order valence-electron chi connectivity index (χ3n) is 4.95. The third-order valence-corrected chi connectivity index (χ3v) is 6.83. The molecular weight excluding hydrogens is 409 g/mol. The molecular formula is C21H24FN3O4S. The molecule has 2 amide bonds. The summed E-state index contributed by atoms with van der Waals surface area (Å²) < 4.78 is 40.0. The van der Waals surface area contributed by atoms with E-state index in [1.54, 1.807) is 24.3 Å². The highest BCUT2D eigenvalue weighted by Gasteiger charge is 2.33. The van der Waals surface area contributed by atoms with Crippen LogP contribution < -0.4 is 10.6 Å². The molecule has 1 saturated heterocycles. The van der Waals surface area contributed by atoms with Crippen LogP contribution in [0.25, 0.3) is 0 Å². The second-order valence-corrected chi connectivity index (χ2v) is 9.19. The smallest absolute Gasteiger partial charge is 0.243 e. The summed E-state index contributed by atoms with van der Waals surface area (Å²) in [6.45, 7) is 2.15. The van der Waals surface area contributed by atoms with E-state index in [1.165, 1.54) is 23.4 Å². The first kappa shape index (κ1) is 21.9. The molecule has 2 N–H and O–H groups in total. The maximum Gasteiger partial charge on any atom is 0.243 e. The quantitative estimate of drug-likeness (QED) is 0.732. The number of carbonyl (C=O) groups excluding carboxylic acids is 2. The average molecular weight is 434 g/mol. The van der Waals surface area contributed by atoms with E-state index in [0.29, 0.717) is 31.6 Å². The van der Waals surface area contributed by atoms with E-state index in [-0.39, 0.29) is 23.3 Å². The molecule has 9 heteroatoms. The molecule has 0 unspecified atom stereocenters. The molecule has 1 fully saturated rings. The second kappa shape index (κ2) is 9.36. The lowest BCUT2D eigenvalue weighted by molar-refractivity contribution is -0.126. The highest BCUT2D eigenvalue weighted by molar-refractivity contribution is 7.89. The first-order valence-electron chi connectivity index (χ1n) is 9.65. The monoisotopic (exact) mass is 433 g/mol. The second-order valence-electron chi connectivity index (χ2n) is 7.25. The number of amides is 2. The van der Waals surface area contributed by atoms with E-state index in [9.17, 15) is 22.4 Å². The number of nitrogens with zero attached hydrogens (tertiary/aromatic N) is 1. The number of carbonyl (C=O) groups is 2.